The predicted molar refractivity (Wildman–Crippen MR) is 123 cm³/mol. The van der Waals surface area contributed by atoms with Gasteiger partial charge in [-0.25, -0.2) is 9.97 Å². The molecule has 2 aromatic heterocycles. The van der Waals surface area contributed by atoms with Gasteiger partial charge in [0.25, 0.3) is 11.6 Å². The molecule has 35 heavy (non-hydrogen) atoms. The zero-order valence-corrected chi connectivity index (χ0v) is 19.6. The number of alkyl halides is 3. The first kappa shape index (κ1) is 24.9. The van der Waals surface area contributed by atoms with Gasteiger partial charge in [0.05, 0.1) is 15.6 Å². The van der Waals surface area contributed by atoms with Crippen LogP contribution >= 0.6 is 22.9 Å². The average Bonchev–Trinajstić information content (AvgIpc) is 3.32. The molecular formula is C22H18ClF3N4O4S. The molecule has 0 aliphatic carbocycles. The summed E-state index contributed by atoms with van der Waals surface area (Å²) in [5.41, 5.74) is 0.972. The van der Waals surface area contributed by atoms with Crippen molar-refractivity contribution >= 4 is 34.5 Å². The van der Waals surface area contributed by atoms with E-state index >= 15 is 0 Å². The van der Waals surface area contributed by atoms with E-state index < -0.39 is 23.6 Å². The average molecular weight is 527 g/mol. The number of aromatic nitrogens is 2. The van der Waals surface area contributed by atoms with Crippen molar-refractivity contribution in [3.63, 3.8) is 0 Å². The smallest absolute Gasteiger partial charge is 0.422 e. The van der Waals surface area contributed by atoms with Gasteiger partial charge in [-0.05, 0) is 31.0 Å². The van der Waals surface area contributed by atoms with E-state index in [0.717, 1.165) is 5.01 Å². The van der Waals surface area contributed by atoms with Crippen LogP contribution in [0.1, 0.15) is 34.1 Å². The molecule has 1 aliphatic heterocycles. The first-order chi connectivity index (χ1) is 16.6. The summed E-state index contributed by atoms with van der Waals surface area (Å²) < 4.78 is 42.3. The number of carbonyl (C=O) groups excluding carboxylic acids is 1. The molecule has 13 heteroatoms. The maximum Gasteiger partial charge on any atom is 0.422 e. The minimum Gasteiger partial charge on any atom is -0.467 e. The Balaban J connectivity index is 1.41. The Kier molecular flexibility index (Phi) is 7.22. The van der Waals surface area contributed by atoms with Gasteiger partial charge in [0.1, 0.15) is 10.6 Å². The van der Waals surface area contributed by atoms with Crippen LogP contribution in [0.4, 0.5) is 18.9 Å². The number of hydrogen-bond donors (Lipinski definition) is 0. The molecule has 4 rings (SSSR count). The lowest BCUT2D eigenvalue weighted by Crippen LogP contribution is -2.38. The summed E-state index contributed by atoms with van der Waals surface area (Å²) in [4.78, 5) is 33.5. The highest BCUT2D eigenvalue weighted by molar-refractivity contribution is 7.10. The van der Waals surface area contributed by atoms with Gasteiger partial charge in [-0.3, -0.25) is 14.9 Å². The lowest BCUT2D eigenvalue weighted by Gasteiger charge is -2.31. The molecule has 0 spiro atoms. The first-order valence-electron chi connectivity index (χ1n) is 10.5. The zero-order valence-electron chi connectivity index (χ0n) is 18.0. The van der Waals surface area contributed by atoms with Crippen LogP contribution in [-0.2, 0) is 0 Å². The number of piperidine rings is 1. The third-order valence-electron chi connectivity index (χ3n) is 5.47. The van der Waals surface area contributed by atoms with Gasteiger partial charge < -0.3 is 9.64 Å². The predicted octanol–water partition coefficient (Wildman–Crippen LogP) is 5.73. The van der Waals surface area contributed by atoms with Crippen molar-refractivity contribution in [3.05, 3.63) is 67.6 Å². The van der Waals surface area contributed by atoms with E-state index in [9.17, 15) is 28.1 Å². The molecule has 0 radical (unpaired) electrons. The number of hydrogen-bond acceptors (Lipinski definition) is 7. The fourth-order valence-electron chi connectivity index (χ4n) is 3.74. The number of thiazole rings is 1. The number of amides is 1. The second-order valence-corrected chi connectivity index (χ2v) is 9.12. The van der Waals surface area contributed by atoms with Crippen LogP contribution in [0.25, 0.3) is 11.3 Å². The minimum atomic E-state index is -4.54. The number of nitro groups is 1. The largest absolute Gasteiger partial charge is 0.467 e. The number of pyridine rings is 1. The molecule has 3 aromatic rings. The molecule has 0 unspecified atom stereocenters. The molecule has 1 aliphatic rings. The highest BCUT2D eigenvalue weighted by Crippen LogP contribution is 2.35. The van der Waals surface area contributed by atoms with Crippen molar-refractivity contribution < 1.29 is 27.6 Å². The van der Waals surface area contributed by atoms with E-state index in [-0.39, 0.29) is 28.1 Å². The molecule has 1 saturated heterocycles. The molecule has 1 amide bonds. The molecule has 0 saturated carbocycles. The highest BCUT2D eigenvalue weighted by atomic mass is 35.5. The Morgan fingerprint density at radius 2 is 2.03 bits per heavy atom. The number of rotatable bonds is 6. The van der Waals surface area contributed by atoms with Gasteiger partial charge in [-0.1, -0.05) is 17.7 Å². The third kappa shape index (κ3) is 5.88. The zero-order chi connectivity index (χ0) is 25.2. The van der Waals surface area contributed by atoms with Crippen molar-refractivity contribution in [2.45, 2.75) is 24.9 Å². The number of halogens is 4. The lowest BCUT2D eigenvalue weighted by molar-refractivity contribution is -0.384. The summed E-state index contributed by atoms with van der Waals surface area (Å²) in [6.07, 6.45) is -2.05. The molecule has 3 heterocycles. The second kappa shape index (κ2) is 10.2. The van der Waals surface area contributed by atoms with Gasteiger partial charge in [-0.2, -0.15) is 13.2 Å². The fraction of sp³-hybridized carbons (Fsp3) is 0.318. The van der Waals surface area contributed by atoms with E-state index in [0.29, 0.717) is 37.2 Å². The summed E-state index contributed by atoms with van der Waals surface area (Å²) in [5, 5.41) is 13.9. The number of nitro benzene ring substituents is 1. The van der Waals surface area contributed by atoms with Gasteiger partial charge in [0.2, 0.25) is 5.88 Å². The van der Waals surface area contributed by atoms with Gasteiger partial charge in [-0.15, -0.1) is 11.3 Å². The van der Waals surface area contributed by atoms with Crippen molar-refractivity contribution in [1.29, 1.82) is 0 Å². The Morgan fingerprint density at radius 3 is 2.71 bits per heavy atom. The van der Waals surface area contributed by atoms with Crippen LogP contribution in [0.3, 0.4) is 0 Å². The Labute approximate surface area is 206 Å². The summed E-state index contributed by atoms with van der Waals surface area (Å²) >= 11 is 7.32. The number of nitrogens with zero attached hydrogens (tertiary/aromatic N) is 4. The van der Waals surface area contributed by atoms with Gasteiger partial charge in [0, 0.05) is 42.2 Å². The normalized spacial score (nSPS) is 14.7. The van der Waals surface area contributed by atoms with E-state index in [4.69, 9.17) is 16.3 Å². The van der Waals surface area contributed by atoms with E-state index in [1.807, 2.05) is 5.38 Å². The van der Waals surface area contributed by atoms with Crippen LogP contribution < -0.4 is 4.74 Å². The summed E-state index contributed by atoms with van der Waals surface area (Å²) in [7, 11) is 0. The molecule has 8 nitrogen and oxygen atoms in total. The SMILES string of the molecule is O=C(c1cccnc1OCC(F)(F)F)N1CCC(c2nc(-c3ccc(Cl)c([N+](=O)[O-])c3)cs2)CC1. The summed E-state index contributed by atoms with van der Waals surface area (Å²) in [6, 6.07) is 7.38. The first-order valence-corrected chi connectivity index (χ1v) is 11.7. The van der Waals surface area contributed by atoms with Crippen LogP contribution in [-0.4, -0.2) is 51.6 Å². The molecule has 0 atom stereocenters. The number of benzene rings is 1. The minimum absolute atomic E-state index is 0.0175. The van der Waals surface area contributed by atoms with Crippen LogP contribution in [0.2, 0.25) is 5.02 Å². The second-order valence-electron chi connectivity index (χ2n) is 7.82. The molecule has 184 valence electrons. The Bertz CT molecular complexity index is 1250. The molecular weight excluding hydrogens is 509 g/mol. The Hall–Kier alpha value is -3.25. The summed E-state index contributed by atoms with van der Waals surface area (Å²) in [6.45, 7) is -0.758. The van der Waals surface area contributed by atoms with Crippen LogP contribution in [0, 0.1) is 10.1 Å². The lowest BCUT2D eigenvalue weighted by atomic mass is 9.97. The van der Waals surface area contributed by atoms with Crippen molar-refractivity contribution in [1.82, 2.24) is 14.9 Å². The molecule has 1 fully saturated rings. The number of ether oxygens (including phenoxy) is 1. The third-order valence-corrected chi connectivity index (χ3v) is 6.79. The summed E-state index contributed by atoms with van der Waals surface area (Å²) in [5.74, 6) is -0.712. The van der Waals surface area contributed by atoms with Gasteiger partial charge >= 0.3 is 6.18 Å². The topological polar surface area (TPSA) is 98.5 Å². The number of carbonyl (C=O) groups is 1. The Morgan fingerprint density at radius 1 is 1.29 bits per heavy atom. The van der Waals surface area contributed by atoms with Crippen LogP contribution in [0.5, 0.6) is 5.88 Å². The highest BCUT2D eigenvalue weighted by Gasteiger charge is 2.31. The maximum absolute atomic E-state index is 12.9. The van der Waals surface area contributed by atoms with Gasteiger partial charge in [0.15, 0.2) is 6.61 Å². The fourth-order valence-corrected chi connectivity index (χ4v) is 4.93. The molecule has 1 aromatic carbocycles. The van der Waals surface area contributed by atoms with E-state index in [1.165, 1.54) is 41.8 Å². The number of likely N-dealkylation sites (tertiary alicyclic amines) is 1. The van der Waals surface area contributed by atoms with Crippen molar-refractivity contribution in [3.8, 4) is 17.1 Å². The quantitative estimate of drug-likeness (QED) is 0.300. The van der Waals surface area contributed by atoms with E-state index in [2.05, 4.69) is 9.97 Å². The maximum atomic E-state index is 12.9. The van der Waals surface area contributed by atoms with E-state index in [1.54, 1.807) is 11.0 Å². The van der Waals surface area contributed by atoms with Crippen LogP contribution in [0.15, 0.2) is 41.9 Å². The molecule has 0 bridgehead atoms. The van der Waals surface area contributed by atoms with Crippen molar-refractivity contribution in [2.24, 2.45) is 0 Å². The molecule has 0 N–H and O–H groups in total. The monoisotopic (exact) mass is 526 g/mol. The standard InChI is InChI=1S/C22H18ClF3N4O4S/c23-16-4-3-14(10-18(16)30(32)33)17-11-35-20(28-17)13-5-8-29(9-6-13)21(31)15-2-1-7-27-19(15)34-12-22(24,25)26/h1-4,7,10-11,13H,5-6,8-9,12H2. The van der Waals surface area contributed by atoms with Crippen molar-refractivity contribution in [2.75, 3.05) is 19.7 Å².